The molecule has 0 aromatic heterocycles. The molecule has 0 heterocycles. The predicted molar refractivity (Wildman–Crippen MR) is 262 cm³/mol. The van der Waals surface area contributed by atoms with Crippen LogP contribution in [-0.4, -0.2) is 0 Å². The molecule has 0 radical (unpaired) electrons. The van der Waals surface area contributed by atoms with Crippen LogP contribution in [0.3, 0.4) is 0 Å². The maximum atomic E-state index is 2.39. The maximum Gasteiger partial charge on any atom is 0.0467 e. The minimum atomic E-state index is 1.10. The second-order valence-electron chi connectivity index (χ2n) is 16.1. The van der Waals surface area contributed by atoms with Gasteiger partial charge < -0.3 is 4.90 Å². The molecule has 12 aromatic carbocycles. The van der Waals surface area contributed by atoms with Crippen LogP contribution in [0.5, 0.6) is 0 Å². The van der Waals surface area contributed by atoms with E-state index in [0.717, 1.165) is 17.1 Å². The van der Waals surface area contributed by atoms with Gasteiger partial charge in [0.1, 0.15) is 0 Å². The molecule has 0 saturated heterocycles. The second-order valence-corrected chi connectivity index (χ2v) is 16.1. The molecule has 0 atom stereocenters. The molecule has 0 aliphatic rings. The van der Waals surface area contributed by atoms with Crippen LogP contribution in [0.4, 0.5) is 17.1 Å². The smallest absolute Gasteiger partial charge is 0.0467 e. The summed E-state index contributed by atoms with van der Waals surface area (Å²) in [5.74, 6) is 0. The molecule has 12 rings (SSSR count). The third kappa shape index (κ3) is 6.10. The highest BCUT2D eigenvalue weighted by Crippen LogP contribution is 2.41. The summed E-state index contributed by atoms with van der Waals surface area (Å²) in [6.07, 6.45) is 0. The highest BCUT2D eigenvalue weighted by Gasteiger charge is 2.16. The molecule has 0 spiro atoms. The van der Waals surface area contributed by atoms with Crippen molar-refractivity contribution in [2.75, 3.05) is 4.90 Å². The summed E-state index contributed by atoms with van der Waals surface area (Å²) in [5, 5.41) is 15.2. The lowest BCUT2D eigenvalue weighted by Gasteiger charge is -2.26. The summed E-state index contributed by atoms with van der Waals surface area (Å²) in [7, 11) is 0. The van der Waals surface area contributed by atoms with Gasteiger partial charge in [-0.1, -0.05) is 182 Å². The highest BCUT2D eigenvalue weighted by molar-refractivity contribution is 6.21. The molecule has 0 fully saturated rings. The molecule has 0 amide bonds. The normalized spacial score (nSPS) is 11.6. The van der Waals surface area contributed by atoms with Crippen molar-refractivity contribution in [3.63, 3.8) is 0 Å². The Hall–Kier alpha value is -8.00. The van der Waals surface area contributed by atoms with Gasteiger partial charge in [0.05, 0.1) is 0 Å². The Morgan fingerprint density at radius 2 is 0.721 bits per heavy atom. The van der Waals surface area contributed by atoms with E-state index in [4.69, 9.17) is 0 Å². The van der Waals surface area contributed by atoms with Gasteiger partial charge in [-0.05, 0) is 153 Å². The van der Waals surface area contributed by atoms with E-state index in [1.807, 2.05) is 0 Å². The molecular weight excluding hydrogens is 735 g/mol. The highest BCUT2D eigenvalue weighted by atomic mass is 15.1. The zero-order valence-corrected chi connectivity index (χ0v) is 33.5. The van der Waals surface area contributed by atoms with E-state index >= 15 is 0 Å². The Morgan fingerprint density at radius 1 is 0.213 bits per heavy atom. The first-order valence-corrected chi connectivity index (χ1v) is 21.1. The number of fused-ring (bicyclic) bond motifs is 9. The summed E-state index contributed by atoms with van der Waals surface area (Å²) < 4.78 is 0. The topological polar surface area (TPSA) is 3.24 Å². The van der Waals surface area contributed by atoms with Gasteiger partial charge in [0, 0.05) is 17.1 Å². The lowest BCUT2D eigenvalue weighted by atomic mass is 9.93. The SMILES string of the molecule is c1cc(-c2ccc3ccccc3c2)cc(N(c2ccc(-c3ccc4ccc5ccc6ccccc6c5c4c3)cc2)c2ccc(-c3cc4ccccc4c4ccccc34)cc2)c1. The van der Waals surface area contributed by atoms with Crippen molar-refractivity contribution < 1.29 is 0 Å². The van der Waals surface area contributed by atoms with Crippen LogP contribution in [0, 0.1) is 0 Å². The molecule has 0 saturated carbocycles. The lowest BCUT2D eigenvalue weighted by Crippen LogP contribution is -2.10. The van der Waals surface area contributed by atoms with E-state index in [1.54, 1.807) is 0 Å². The van der Waals surface area contributed by atoms with Crippen LogP contribution in [0.15, 0.2) is 237 Å². The van der Waals surface area contributed by atoms with E-state index < -0.39 is 0 Å². The van der Waals surface area contributed by atoms with E-state index in [-0.39, 0.29) is 0 Å². The van der Waals surface area contributed by atoms with Crippen molar-refractivity contribution in [2.45, 2.75) is 0 Å². The van der Waals surface area contributed by atoms with Gasteiger partial charge in [-0.15, -0.1) is 0 Å². The number of anilines is 3. The zero-order valence-electron chi connectivity index (χ0n) is 33.5. The molecule has 1 heteroatoms. The van der Waals surface area contributed by atoms with Crippen molar-refractivity contribution in [2.24, 2.45) is 0 Å². The summed E-state index contributed by atoms with van der Waals surface area (Å²) in [6, 6.07) is 86.9. The number of hydrogen-bond acceptors (Lipinski definition) is 1. The van der Waals surface area contributed by atoms with Gasteiger partial charge in [0.25, 0.3) is 0 Å². The van der Waals surface area contributed by atoms with Gasteiger partial charge in [0.15, 0.2) is 0 Å². The Bertz CT molecular complexity index is 3630. The number of hydrogen-bond donors (Lipinski definition) is 0. The van der Waals surface area contributed by atoms with Gasteiger partial charge in [-0.25, -0.2) is 0 Å². The largest absolute Gasteiger partial charge is 0.310 e. The fourth-order valence-electron chi connectivity index (χ4n) is 9.53. The Morgan fingerprint density at radius 3 is 1.48 bits per heavy atom. The van der Waals surface area contributed by atoms with Crippen LogP contribution < -0.4 is 4.90 Å². The average molecular weight is 774 g/mol. The molecule has 0 bridgehead atoms. The molecule has 0 N–H and O–H groups in total. The summed E-state index contributed by atoms with van der Waals surface area (Å²) in [5.41, 5.74) is 10.5. The fourth-order valence-corrected chi connectivity index (χ4v) is 9.53. The van der Waals surface area contributed by atoms with Gasteiger partial charge in [-0.2, -0.15) is 0 Å². The second kappa shape index (κ2) is 14.4. The van der Waals surface area contributed by atoms with Crippen molar-refractivity contribution in [3.8, 4) is 33.4 Å². The van der Waals surface area contributed by atoms with E-state index in [1.165, 1.54) is 98.0 Å². The predicted octanol–water partition coefficient (Wildman–Crippen LogP) is 17.1. The van der Waals surface area contributed by atoms with Crippen molar-refractivity contribution in [3.05, 3.63) is 237 Å². The standard InChI is InChI=1S/C60H39N/c1-2-12-46-36-48(26-20-40(46)10-1)47-14-9-15-53(37-47)61(52-34-30-43(31-35-52)58-39-50-13-4-5-16-54(50)56-18-7-8-19-57(56)58)51-32-28-41(29-33-51)49-27-23-44-22-25-45-24-21-42-11-3-6-17-55(42)60(45)59(44)38-49/h1-39H. The van der Waals surface area contributed by atoms with Crippen LogP contribution in [0.25, 0.3) is 98.0 Å². The first kappa shape index (κ1) is 35.0. The zero-order chi connectivity index (χ0) is 40.3. The molecule has 61 heavy (non-hydrogen) atoms. The number of nitrogens with zero attached hydrogens (tertiary/aromatic N) is 1. The first-order chi connectivity index (χ1) is 30.2. The molecular formula is C60H39N. The lowest BCUT2D eigenvalue weighted by molar-refractivity contribution is 1.28. The average Bonchev–Trinajstić information content (AvgIpc) is 3.34. The summed E-state index contributed by atoms with van der Waals surface area (Å²) in [4.78, 5) is 2.39. The molecule has 0 unspecified atom stereocenters. The van der Waals surface area contributed by atoms with Gasteiger partial charge >= 0.3 is 0 Å². The van der Waals surface area contributed by atoms with Crippen LogP contribution in [-0.2, 0) is 0 Å². The van der Waals surface area contributed by atoms with E-state index in [9.17, 15) is 0 Å². The van der Waals surface area contributed by atoms with Crippen molar-refractivity contribution >= 4 is 81.7 Å². The fraction of sp³-hybridized carbons (Fsp3) is 0. The Balaban J connectivity index is 0.972. The minimum absolute atomic E-state index is 1.10. The van der Waals surface area contributed by atoms with Gasteiger partial charge in [0.2, 0.25) is 0 Å². The van der Waals surface area contributed by atoms with E-state index in [2.05, 4.69) is 241 Å². The molecule has 0 aliphatic heterocycles. The Kier molecular flexibility index (Phi) is 8.25. The first-order valence-electron chi connectivity index (χ1n) is 21.1. The van der Waals surface area contributed by atoms with Crippen LogP contribution in [0.2, 0.25) is 0 Å². The third-order valence-electron chi connectivity index (χ3n) is 12.6. The minimum Gasteiger partial charge on any atom is -0.310 e. The third-order valence-corrected chi connectivity index (χ3v) is 12.6. The van der Waals surface area contributed by atoms with Gasteiger partial charge in [-0.3, -0.25) is 0 Å². The molecule has 1 nitrogen and oxygen atoms in total. The van der Waals surface area contributed by atoms with Crippen LogP contribution >= 0.6 is 0 Å². The van der Waals surface area contributed by atoms with E-state index in [0.29, 0.717) is 0 Å². The molecule has 0 aliphatic carbocycles. The maximum absolute atomic E-state index is 2.39. The Labute approximate surface area is 355 Å². The summed E-state index contributed by atoms with van der Waals surface area (Å²) in [6.45, 7) is 0. The molecule has 12 aromatic rings. The van der Waals surface area contributed by atoms with Crippen LogP contribution in [0.1, 0.15) is 0 Å². The molecule has 284 valence electrons. The van der Waals surface area contributed by atoms with Crippen molar-refractivity contribution in [1.29, 1.82) is 0 Å². The monoisotopic (exact) mass is 773 g/mol. The van der Waals surface area contributed by atoms with Crippen molar-refractivity contribution in [1.82, 2.24) is 0 Å². The summed E-state index contributed by atoms with van der Waals surface area (Å²) >= 11 is 0. The quantitative estimate of drug-likeness (QED) is 0.152. The number of rotatable bonds is 6. The number of benzene rings is 12.